The van der Waals surface area contributed by atoms with Crippen LogP contribution >= 0.6 is 0 Å². The molecule has 1 rings (SSSR count). The van der Waals surface area contributed by atoms with E-state index in [0.717, 1.165) is 7.11 Å². The summed E-state index contributed by atoms with van der Waals surface area (Å²) in [6, 6.07) is 0. The van der Waals surface area contributed by atoms with Gasteiger partial charge in [-0.3, -0.25) is 0 Å². The second kappa shape index (κ2) is 3.87. The zero-order valence-electron chi connectivity index (χ0n) is 7.73. The standard InChI is InChI=1S/C7H11F3O5/c1-14-5-6(13,7(8,9)10)4(12)3(11)2-15-5/h3-5,11-13H,2H2,1H3/t3-,4-,5-,6-/m1/s1. The molecule has 0 amide bonds. The van der Waals surface area contributed by atoms with E-state index in [1.165, 1.54) is 0 Å². The first-order chi connectivity index (χ1) is 6.75. The lowest BCUT2D eigenvalue weighted by atomic mass is 9.89. The van der Waals surface area contributed by atoms with E-state index in [0.29, 0.717) is 0 Å². The van der Waals surface area contributed by atoms with Crippen molar-refractivity contribution in [3.63, 3.8) is 0 Å². The third kappa shape index (κ3) is 1.83. The van der Waals surface area contributed by atoms with Crippen LogP contribution in [-0.4, -0.2) is 59.3 Å². The number of aliphatic hydroxyl groups excluding tert-OH is 2. The minimum Gasteiger partial charge on any atom is -0.388 e. The van der Waals surface area contributed by atoms with Crippen molar-refractivity contribution >= 4 is 0 Å². The van der Waals surface area contributed by atoms with Gasteiger partial charge in [-0.1, -0.05) is 0 Å². The Balaban J connectivity index is 3.05. The average Bonchev–Trinajstić information content (AvgIpc) is 2.13. The van der Waals surface area contributed by atoms with Crippen molar-refractivity contribution in [3.05, 3.63) is 0 Å². The monoisotopic (exact) mass is 232 g/mol. The highest BCUT2D eigenvalue weighted by molar-refractivity contribution is 5.02. The molecule has 1 fully saturated rings. The Bertz CT molecular complexity index is 229. The summed E-state index contributed by atoms with van der Waals surface area (Å²) in [6.45, 7) is -0.544. The van der Waals surface area contributed by atoms with Crippen molar-refractivity contribution in [1.82, 2.24) is 0 Å². The molecule has 1 aliphatic rings. The average molecular weight is 232 g/mol. The molecule has 8 heteroatoms. The lowest BCUT2D eigenvalue weighted by Crippen LogP contribution is -2.70. The van der Waals surface area contributed by atoms with Gasteiger partial charge < -0.3 is 24.8 Å². The molecule has 0 aromatic rings. The maximum atomic E-state index is 12.5. The van der Waals surface area contributed by atoms with Crippen molar-refractivity contribution < 1.29 is 38.0 Å². The Morgan fingerprint density at radius 3 is 2.33 bits per heavy atom. The molecule has 0 aromatic carbocycles. The van der Waals surface area contributed by atoms with Crippen LogP contribution in [0.5, 0.6) is 0 Å². The summed E-state index contributed by atoms with van der Waals surface area (Å²) in [5.74, 6) is 0. The highest BCUT2D eigenvalue weighted by Gasteiger charge is 2.67. The summed E-state index contributed by atoms with van der Waals surface area (Å²) >= 11 is 0. The van der Waals surface area contributed by atoms with Gasteiger partial charge in [0.15, 0.2) is 6.29 Å². The van der Waals surface area contributed by atoms with Crippen LogP contribution in [0.4, 0.5) is 13.2 Å². The Morgan fingerprint density at radius 2 is 1.93 bits per heavy atom. The largest absolute Gasteiger partial charge is 0.424 e. The molecule has 4 atom stereocenters. The molecule has 1 heterocycles. The van der Waals surface area contributed by atoms with E-state index < -0.39 is 36.9 Å². The first-order valence-corrected chi connectivity index (χ1v) is 4.04. The molecule has 5 nitrogen and oxygen atoms in total. The molecule has 0 aliphatic carbocycles. The smallest absolute Gasteiger partial charge is 0.388 e. The third-order valence-corrected chi connectivity index (χ3v) is 2.26. The van der Waals surface area contributed by atoms with Crippen LogP contribution in [0.2, 0.25) is 0 Å². The summed E-state index contributed by atoms with van der Waals surface area (Å²) in [7, 11) is 0.895. The van der Waals surface area contributed by atoms with Gasteiger partial charge in [0, 0.05) is 7.11 Å². The molecule has 0 aromatic heterocycles. The summed E-state index contributed by atoms with van der Waals surface area (Å²) < 4.78 is 46.3. The number of aliphatic hydroxyl groups is 3. The summed E-state index contributed by atoms with van der Waals surface area (Å²) in [4.78, 5) is 0. The van der Waals surface area contributed by atoms with Gasteiger partial charge in [-0.05, 0) is 0 Å². The van der Waals surface area contributed by atoms with Crippen LogP contribution in [0, 0.1) is 0 Å². The predicted octanol–water partition coefficient (Wildman–Crippen LogP) is -0.996. The van der Waals surface area contributed by atoms with E-state index in [2.05, 4.69) is 9.47 Å². The van der Waals surface area contributed by atoms with Gasteiger partial charge in [-0.15, -0.1) is 0 Å². The summed E-state index contributed by atoms with van der Waals surface area (Å²) in [5.41, 5.74) is -3.63. The zero-order valence-corrected chi connectivity index (χ0v) is 7.73. The van der Waals surface area contributed by atoms with Gasteiger partial charge in [-0.25, -0.2) is 0 Å². The lowest BCUT2D eigenvalue weighted by molar-refractivity contribution is -0.394. The van der Waals surface area contributed by atoms with Gasteiger partial charge in [0.25, 0.3) is 0 Å². The first kappa shape index (κ1) is 12.7. The lowest BCUT2D eigenvalue weighted by Gasteiger charge is -2.44. The van der Waals surface area contributed by atoms with Crippen molar-refractivity contribution in [2.45, 2.75) is 30.3 Å². The van der Waals surface area contributed by atoms with Crippen molar-refractivity contribution in [2.75, 3.05) is 13.7 Å². The molecular weight excluding hydrogens is 221 g/mol. The fraction of sp³-hybridized carbons (Fsp3) is 1.00. The molecular formula is C7H11F3O5. The van der Waals surface area contributed by atoms with Crippen molar-refractivity contribution in [2.24, 2.45) is 0 Å². The van der Waals surface area contributed by atoms with Gasteiger partial charge in [0.2, 0.25) is 5.60 Å². The number of hydrogen-bond acceptors (Lipinski definition) is 5. The fourth-order valence-electron chi connectivity index (χ4n) is 1.39. The first-order valence-electron chi connectivity index (χ1n) is 4.04. The Kier molecular flexibility index (Phi) is 3.27. The number of hydrogen-bond donors (Lipinski definition) is 3. The van der Waals surface area contributed by atoms with Gasteiger partial charge in [0.05, 0.1) is 6.61 Å². The Morgan fingerprint density at radius 1 is 1.40 bits per heavy atom. The highest BCUT2D eigenvalue weighted by Crippen LogP contribution is 2.40. The van der Waals surface area contributed by atoms with E-state index in [1.54, 1.807) is 0 Å². The van der Waals surface area contributed by atoms with Crippen LogP contribution in [0.3, 0.4) is 0 Å². The number of rotatable bonds is 1. The normalized spacial score (nSPS) is 43.0. The van der Waals surface area contributed by atoms with Crippen molar-refractivity contribution in [3.8, 4) is 0 Å². The summed E-state index contributed by atoms with van der Waals surface area (Å²) in [6.07, 6.45) is -11.5. The van der Waals surface area contributed by atoms with Gasteiger partial charge in [-0.2, -0.15) is 13.2 Å². The molecule has 90 valence electrons. The van der Waals surface area contributed by atoms with E-state index in [1.807, 2.05) is 0 Å². The predicted molar refractivity (Wildman–Crippen MR) is 39.8 cm³/mol. The molecule has 0 saturated carbocycles. The Labute approximate surface area is 83.0 Å². The van der Waals surface area contributed by atoms with E-state index in [-0.39, 0.29) is 0 Å². The maximum absolute atomic E-state index is 12.5. The maximum Gasteiger partial charge on any atom is 0.424 e. The van der Waals surface area contributed by atoms with E-state index in [4.69, 9.17) is 10.2 Å². The number of methoxy groups -OCH3 is 1. The van der Waals surface area contributed by atoms with Crippen LogP contribution in [0.15, 0.2) is 0 Å². The van der Waals surface area contributed by atoms with Crippen molar-refractivity contribution in [1.29, 1.82) is 0 Å². The van der Waals surface area contributed by atoms with Crippen LogP contribution in [0.25, 0.3) is 0 Å². The topological polar surface area (TPSA) is 79.2 Å². The number of ether oxygens (including phenoxy) is 2. The summed E-state index contributed by atoms with van der Waals surface area (Å²) in [5, 5.41) is 27.5. The van der Waals surface area contributed by atoms with Gasteiger partial charge >= 0.3 is 6.18 Å². The quantitative estimate of drug-likeness (QED) is 0.540. The van der Waals surface area contributed by atoms with E-state index in [9.17, 15) is 18.3 Å². The Hall–Kier alpha value is -0.410. The minimum absolute atomic E-state index is 0.544. The molecule has 0 unspecified atom stereocenters. The van der Waals surface area contributed by atoms with Crippen LogP contribution in [-0.2, 0) is 9.47 Å². The fourth-order valence-corrected chi connectivity index (χ4v) is 1.39. The molecule has 3 N–H and O–H groups in total. The third-order valence-electron chi connectivity index (χ3n) is 2.26. The molecule has 1 aliphatic heterocycles. The second-order valence-corrected chi connectivity index (χ2v) is 3.24. The number of alkyl halides is 3. The second-order valence-electron chi connectivity index (χ2n) is 3.24. The molecule has 0 spiro atoms. The van der Waals surface area contributed by atoms with Gasteiger partial charge in [0.1, 0.15) is 12.2 Å². The molecule has 1 saturated heterocycles. The van der Waals surface area contributed by atoms with Crippen LogP contribution < -0.4 is 0 Å². The zero-order chi connectivity index (χ0) is 11.9. The molecule has 0 radical (unpaired) electrons. The molecule has 15 heavy (non-hydrogen) atoms. The van der Waals surface area contributed by atoms with Crippen LogP contribution in [0.1, 0.15) is 0 Å². The number of halogens is 3. The molecule has 0 bridgehead atoms. The minimum atomic E-state index is -5.17. The van der Waals surface area contributed by atoms with E-state index >= 15 is 0 Å². The SMILES string of the molecule is CO[C@@H]1OC[C@@H](O)[C@@H](O)[C@]1(O)C(F)(F)F. The highest BCUT2D eigenvalue weighted by atomic mass is 19.4.